The maximum absolute atomic E-state index is 12.4. The number of hydrogen-bond donors (Lipinski definition) is 2. The molecule has 142 valence electrons. The van der Waals surface area contributed by atoms with Crippen LogP contribution in [0.5, 0.6) is 0 Å². The molecule has 6 nitrogen and oxygen atoms in total. The molecule has 2 atom stereocenters. The summed E-state index contributed by atoms with van der Waals surface area (Å²) in [6, 6.07) is 12.3. The summed E-state index contributed by atoms with van der Waals surface area (Å²) in [5.41, 5.74) is 3.54. The van der Waals surface area contributed by atoms with E-state index in [-0.39, 0.29) is 5.91 Å². The van der Waals surface area contributed by atoms with Crippen LogP contribution in [0.2, 0.25) is 0 Å². The monoisotopic (exact) mass is 366 g/mol. The lowest BCUT2D eigenvalue weighted by molar-refractivity contribution is -0.885. The Morgan fingerprint density at radius 1 is 1.37 bits per heavy atom. The molecule has 0 saturated heterocycles. The number of aryl methyl sites for hydroxylation is 1. The summed E-state index contributed by atoms with van der Waals surface area (Å²) >= 11 is 0. The Balaban J connectivity index is 1.66. The van der Waals surface area contributed by atoms with Crippen LogP contribution in [0.25, 0.3) is 5.69 Å². The second-order valence-corrected chi connectivity index (χ2v) is 7.84. The minimum absolute atomic E-state index is 0.0748. The molecule has 1 unspecified atom stereocenters. The zero-order chi connectivity index (χ0) is 19.6. The molecule has 1 aliphatic rings. The highest BCUT2D eigenvalue weighted by Gasteiger charge is 2.43. The normalized spacial score (nSPS) is 17.0. The largest absolute Gasteiger partial charge is 0.333 e. The third-order valence-corrected chi connectivity index (χ3v) is 5.41. The van der Waals surface area contributed by atoms with Gasteiger partial charge in [-0.05, 0) is 51.7 Å². The number of hydrogen-bond acceptors (Lipinski definition) is 3. The molecule has 2 N–H and O–H groups in total. The van der Waals surface area contributed by atoms with Gasteiger partial charge in [-0.15, -0.1) is 0 Å². The van der Waals surface area contributed by atoms with Crippen molar-refractivity contribution in [1.29, 1.82) is 5.26 Å². The Kier molecular flexibility index (Phi) is 5.33. The van der Waals surface area contributed by atoms with Crippen molar-refractivity contribution in [2.24, 2.45) is 5.92 Å². The highest BCUT2D eigenvalue weighted by molar-refractivity contribution is 5.78. The lowest BCUT2D eigenvalue weighted by Gasteiger charge is -2.23. The van der Waals surface area contributed by atoms with E-state index in [2.05, 4.69) is 23.4 Å². The number of likely N-dealkylation sites (N-methyl/N-ethyl adjacent to an activating group) is 1. The maximum Gasteiger partial charge on any atom is 0.276 e. The molecule has 1 saturated carbocycles. The molecule has 3 rings (SSSR count). The Hall–Kier alpha value is -2.65. The first kappa shape index (κ1) is 19.1. The number of rotatable bonds is 7. The van der Waals surface area contributed by atoms with Gasteiger partial charge in [0.1, 0.15) is 12.1 Å². The van der Waals surface area contributed by atoms with Gasteiger partial charge in [0.05, 0.1) is 35.8 Å². The van der Waals surface area contributed by atoms with Gasteiger partial charge in [-0.2, -0.15) is 10.4 Å². The van der Waals surface area contributed by atoms with Gasteiger partial charge >= 0.3 is 0 Å². The van der Waals surface area contributed by atoms with Crippen molar-refractivity contribution in [1.82, 2.24) is 15.1 Å². The third kappa shape index (κ3) is 4.20. The average Bonchev–Trinajstić information content (AvgIpc) is 3.46. The highest BCUT2D eigenvalue weighted by Crippen LogP contribution is 2.39. The molecule has 1 aromatic carbocycles. The quantitative estimate of drug-likeness (QED) is 0.776. The van der Waals surface area contributed by atoms with Crippen molar-refractivity contribution in [2.45, 2.75) is 45.7 Å². The number of carbonyl (C=O) groups is 1. The first-order valence-corrected chi connectivity index (χ1v) is 9.48. The fourth-order valence-corrected chi connectivity index (χ4v) is 3.61. The second kappa shape index (κ2) is 7.53. The van der Waals surface area contributed by atoms with Crippen LogP contribution in [0.1, 0.15) is 36.7 Å². The van der Waals surface area contributed by atoms with Gasteiger partial charge in [-0.25, -0.2) is 4.68 Å². The van der Waals surface area contributed by atoms with Crippen molar-refractivity contribution < 1.29 is 9.69 Å². The van der Waals surface area contributed by atoms with Gasteiger partial charge in [0.25, 0.3) is 5.91 Å². The van der Waals surface area contributed by atoms with E-state index in [1.165, 1.54) is 0 Å². The minimum atomic E-state index is -0.735. The van der Waals surface area contributed by atoms with Crippen LogP contribution in [0.4, 0.5) is 0 Å². The van der Waals surface area contributed by atoms with E-state index < -0.39 is 5.54 Å². The van der Waals surface area contributed by atoms with Crippen molar-refractivity contribution in [3.63, 3.8) is 0 Å². The first-order chi connectivity index (χ1) is 12.8. The summed E-state index contributed by atoms with van der Waals surface area (Å²) < 4.78 is 1.96. The van der Waals surface area contributed by atoms with Gasteiger partial charge in [0.2, 0.25) is 0 Å². The molecule has 0 radical (unpaired) electrons. The molecule has 1 heterocycles. The molecular weight excluding hydrogens is 338 g/mol. The van der Waals surface area contributed by atoms with E-state index in [0.29, 0.717) is 19.0 Å². The number of carbonyl (C=O) groups excluding carboxylic acids is 1. The standard InChI is InChI=1S/C21H27N5O/c1-15-19(16(2)26(24-15)18-8-6-5-7-9-18)12-25(4)13-20(27)23-21(3,14-22)17-10-11-17/h5-9,17H,10-13H2,1-4H3,(H,23,27)/p+1/t21-/m1/s1. The van der Waals surface area contributed by atoms with Crippen LogP contribution in [0, 0.1) is 31.1 Å². The van der Waals surface area contributed by atoms with Gasteiger partial charge < -0.3 is 10.2 Å². The average molecular weight is 366 g/mol. The molecule has 0 spiro atoms. The number of benzene rings is 1. The molecule has 1 aromatic heterocycles. The third-order valence-electron chi connectivity index (χ3n) is 5.41. The topological polar surface area (TPSA) is 75.2 Å². The smallest absolute Gasteiger partial charge is 0.276 e. The van der Waals surface area contributed by atoms with Gasteiger partial charge in [-0.1, -0.05) is 18.2 Å². The van der Waals surface area contributed by atoms with Gasteiger partial charge in [0, 0.05) is 0 Å². The van der Waals surface area contributed by atoms with Crippen LogP contribution in [0.15, 0.2) is 30.3 Å². The predicted molar refractivity (Wildman–Crippen MR) is 103 cm³/mol. The molecule has 27 heavy (non-hydrogen) atoms. The summed E-state index contributed by atoms with van der Waals surface area (Å²) in [5, 5.41) is 17.0. The zero-order valence-corrected chi connectivity index (χ0v) is 16.5. The molecule has 0 aliphatic heterocycles. The maximum atomic E-state index is 12.4. The predicted octanol–water partition coefficient (Wildman–Crippen LogP) is 1.31. The van der Waals surface area contributed by atoms with Crippen LogP contribution in [-0.2, 0) is 11.3 Å². The molecule has 1 amide bonds. The van der Waals surface area contributed by atoms with E-state index in [9.17, 15) is 10.1 Å². The van der Waals surface area contributed by atoms with Crippen molar-refractivity contribution in [2.75, 3.05) is 13.6 Å². The van der Waals surface area contributed by atoms with Gasteiger partial charge in [-0.3, -0.25) is 4.79 Å². The number of nitrogens with one attached hydrogen (secondary N) is 2. The van der Waals surface area contributed by atoms with E-state index in [1.807, 2.05) is 55.9 Å². The molecule has 1 fully saturated rings. The van der Waals surface area contributed by atoms with Gasteiger partial charge in [0.15, 0.2) is 6.54 Å². The summed E-state index contributed by atoms with van der Waals surface area (Å²) in [7, 11) is 2.00. The van der Waals surface area contributed by atoms with E-state index in [1.54, 1.807) is 0 Å². The van der Waals surface area contributed by atoms with Crippen LogP contribution in [-0.4, -0.2) is 34.8 Å². The van der Waals surface area contributed by atoms with Crippen LogP contribution < -0.4 is 10.2 Å². The molecule has 0 bridgehead atoms. The van der Waals surface area contributed by atoms with Crippen molar-refractivity contribution in [3.05, 3.63) is 47.3 Å². The van der Waals surface area contributed by atoms with Crippen LogP contribution in [0.3, 0.4) is 0 Å². The summed E-state index contributed by atoms with van der Waals surface area (Å²) in [6.07, 6.45) is 2.04. The number of nitrogens with zero attached hydrogens (tertiary/aromatic N) is 3. The lowest BCUT2D eigenvalue weighted by atomic mass is 9.98. The number of para-hydroxylation sites is 1. The number of nitriles is 1. The number of amides is 1. The summed E-state index contributed by atoms with van der Waals surface area (Å²) in [4.78, 5) is 13.5. The Morgan fingerprint density at radius 3 is 2.63 bits per heavy atom. The second-order valence-electron chi connectivity index (χ2n) is 7.84. The molecule has 6 heteroatoms. The Bertz CT molecular complexity index is 863. The Labute approximate surface area is 160 Å². The fraction of sp³-hybridized carbons (Fsp3) is 0.476. The zero-order valence-electron chi connectivity index (χ0n) is 16.5. The minimum Gasteiger partial charge on any atom is -0.333 e. The van der Waals surface area contributed by atoms with E-state index in [4.69, 9.17) is 0 Å². The summed E-state index contributed by atoms with van der Waals surface area (Å²) in [6.45, 7) is 6.95. The van der Waals surface area contributed by atoms with Crippen molar-refractivity contribution >= 4 is 5.91 Å². The molecular formula is C21H28N5O+. The summed E-state index contributed by atoms with van der Waals surface area (Å²) in [5.74, 6) is 0.217. The Morgan fingerprint density at radius 2 is 2.04 bits per heavy atom. The number of aromatic nitrogens is 2. The van der Waals surface area contributed by atoms with Crippen LogP contribution >= 0.6 is 0 Å². The number of quaternary nitrogens is 1. The fourth-order valence-electron chi connectivity index (χ4n) is 3.61. The molecule has 2 aromatic rings. The first-order valence-electron chi connectivity index (χ1n) is 9.48. The SMILES string of the molecule is Cc1nn(-c2ccccc2)c(C)c1C[NH+](C)CC(=O)N[C@](C)(C#N)C1CC1. The lowest BCUT2D eigenvalue weighted by Crippen LogP contribution is -3.09. The molecule has 1 aliphatic carbocycles. The highest BCUT2D eigenvalue weighted by atomic mass is 16.2. The van der Waals surface area contributed by atoms with Crippen molar-refractivity contribution in [3.8, 4) is 11.8 Å². The van der Waals surface area contributed by atoms with E-state index >= 15 is 0 Å². The van der Waals surface area contributed by atoms with E-state index in [0.717, 1.165) is 40.4 Å².